The van der Waals surface area contributed by atoms with Gasteiger partial charge in [-0.25, -0.2) is 0 Å². The van der Waals surface area contributed by atoms with Gasteiger partial charge < -0.3 is 14.6 Å². The van der Waals surface area contributed by atoms with Gasteiger partial charge in [0.2, 0.25) is 5.91 Å². The highest BCUT2D eigenvalue weighted by Crippen LogP contribution is 2.09. The molecule has 0 aliphatic heterocycles. The normalized spacial score (nSPS) is 12.2. The van der Waals surface area contributed by atoms with E-state index in [-0.39, 0.29) is 17.9 Å². The van der Waals surface area contributed by atoms with Crippen molar-refractivity contribution >= 4 is 11.8 Å². The summed E-state index contributed by atoms with van der Waals surface area (Å²) < 4.78 is 4.96. The van der Waals surface area contributed by atoms with Crippen LogP contribution in [0.15, 0.2) is 23.0 Å². The van der Waals surface area contributed by atoms with Crippen molar-refractivity contribution < 1.29 is 14.0 Å². The summed E-state index contributed by atoms with van der Waals surface area (Å²) in [7, 11) is 0. The number of carbonyl (C=O) groups is 2. The maximum atomic E-state index is 12.4. The molecular formula is C16H26N2O3. The molecule has 1 rings (SSSR count). The van der Waals surface area contributed by atoms with Gasteiger partial charge in [0.15, 0.2) is 0 Å². The maximum absolute atomic E-state index is 12.4. The minimum absolute atomic E-state index is 0.0156. The molecule has 5 nitrogen and oxygen atoms in total. The van der Waals surface area contributed by atoms with Crippen molar-refractivity contribution in [2.24, 2.45) is 5.92 Å². The van der Waals surface area contributed by atoms with Crippen LogP contribution in [0.5, 0.6) is 0 Å². The van der Waals surface area contributed by atoms with Crippen molar-refractivity contribution in [1.82, 2.24) is 10.2 Å². The lowest BCUT2D eigenvalue weighted by atomic mass is 10.1. The molecule has 1 aromatic rings. The fraction of sp³-hybridized carbons (Fsp3) is 0.625. The summed E-state index contributed by atoms with van der Waals surface area (Å²) in [5, 5.41) is 2.92. The molecule has 1 atom stereocenters. The number of nitrogens with zero attached hydrogens (tertiary/aromatic N) is 1. The van der Waals surface area contributed by atoms with Crippen LogP contribution in [0.4, 0.5) is 0 Å². The van der Waals surface area contributed by atoms with Crippen molar-refractivity contribution in [1.29, 1.82) is 0 Å². The Morgan fingerprint density at radius 3 is 2.57 bits per heavy atom. The molecule has 0 aliphatic carbocycles. The molecule has 118 valence electrons. The fourth-order valence-corrected chi connectivity index (χ4v) is 1.97. The topological polar surface area (TPSA) is 62.6 Å². The Labute approximate surface area is 126 Å². The highest BCUT2D eigenvalue weighted by atomic mass is 16.3. The molecule has 0 aliphatic rings. The largest absolute Gasteiger partial charge is 0.472 e. The molecule has 5 heteroatoms. The molecule has 0 spiro atoms. The first-order valence-corrected chi connectivity index (χ1v) is 7.54. The second kappa shape index (κ2) is 8.49. The quantitative estimate of drug-likeness (QED) is 0.802. The Kier molecular flexibility index (Phi) is 6.99. The monoisotopic (exact) mass is 294 g/mol. The Bertz CT molecular complexity index is 440. The van der Waals surface area contributed by atoms with Crippen molar-refractivity contribution in [3.63, 3.8) is 0 Å². The van der Waals surface area contributed by atoms with Crippen LogP contribution in [-0.4, -0.2) is 35.8 Å². The summed E-state index contributed by atoms with van der Waals surface area (Å²) in [5.41, 5.74) is 0.526. The van der Waals surface area contributed by atoms with Crippen molar-refractivity contribution in [3.05, 3.63) is 24.2 Å². The van der Waals surface area contributed by atoms with Crippen LogP contribution in [0.3, 0.4) is 0 Å². The number of rotatable bonds is 8. The fourth-order valence-electron chi connectivity index (χ4n) is 1.97. The van der Waals surface area contributed by atoms with E-state index in [1.165, 1.54) is 12.5 Å². The second-order valence-corrected chi connectivity index (χ2v) is 5.78. The smallest absolute Gasteiger partial charge is 0.257 e. The Morgan fingerprint density at radius 2 is 2.05 bits per heavy atom. The standard InChI is InChI=1S/C16H26N2O3/c1-5-13(4)17-15(19)6-8-18(10-12(2)3)16(20)14-7-9-21-11-14/h7,9,11-13H,5-6,8,10H2,1-4H3,(H,17,19). The zero-order valence-corrected chi connectivity index (χ0v) is 13.4. The van der Waals surface area contributed by atoms with Crippen LogP contribution < -0.4 is 5.32 Å². The van der Waals surface area contributed by atoms with Gasteiger partial charge in [-0.1, -0.05) is 20.8 Å². The number of hydrogen-bond acceptors (Lipinski definition) is 3. The lowest BCUT2D eigenvalue weighted by Gasteiger charge is -2.24. The first-order valence-electron chi connectivity index (χ1n) is 7.54. The highest BCUT2D eigenvalue weighted by Gasteiger charge is 2.19. The molecule has 1 N–H and O–H groups in total. The number of amides is 2. The van der Waals surface area contributed by atoms with Crippen LogP contribution in [-0.2, 0) is 4.79 Å². The minimum Gasteiger partial charge on any atom is -0.472 e. The molecule has 0 fully saturated rings. The van der Waals surface area contributed by atoms with E-state index >= 15 is 0 Å². The van der Waals surface area contributed by atoms with Crippen LogP contribution >= 0.6 is 0 Å². The third-order valence-corrected chi connectivity index (χ3v) is 3.27. The van der Waals surface area contributed by atoms with Gasteiger partial charge in [0, 0.05) is 25.6 Å². The second-order valence-electron chi connectivity index (χ2n) is 5.78. The molecule has 1 aromatic heterocycles. The zero-order valence-electron chi connectivity index (χ0n) is 13.4. The first kappa shape index (κ1) is 17.3. The van der Waals surface area contributed by atoms with Crippen molar-refractivity contribution in [2.75, 3.05) is 13.1 Å². The summed E-state index contributed by atoms with van der Waals surface area (Å²) in [5.74, 6) is 0.241. The number of carbonyl (C=O) groups excluding carboxylic acids is 2. The van der Waals surface area contributed by atoms with Crippen molar-refractivity contribution in [2.45, 2.75) is 46.6 Å². The molecule has 0 aromatic carbocycles. The van der Waals surface area contributed by atoms with Gasteiger partial charge >= 0.3 is 0 Å². The van der Waals surface area contributed by atoms with E-state index in [9.17, 15) is 9.59 Å². The number of furan rings is 1. The van der Waals surface area contributed by atoms with E-state index in [2.05, 4.69) is 19.2 Å². The maximum Gasteiger partial charge on any atom is 0.257 e. The van der Waals surface area contributed by atoms with Gasteiger partial charge in [-0.05, 0) is 25.3 Å². The zero-order chi connectivity index (χ0) is 15.8. The molecule has 21 heavy (non-hydrogen) atoms. The average molecular weight is 294 g/mol. The van der Waals surface area contributed by atoms with Crippen LogP contribution in [0.1, 0.15) is 50.9 Å². The molecule has 0 radical (unpaired) electrons. The SMILES string of the molecule is CCC(C)NC(=O)CCN(CC(C)C)C(=O)c1ccoc1. The van der Waals surface area contributed by atoms with Gasteiger partial charge in [-0.2, -0.15) is 0 Å². The van der Waals surface area contributed by atoms with Gasteiger partial charge in [0.1, 0.15) is 6.26 Å². The van der Waals surface area contributed by atoms with Crippen LogP contribution in [0.25, 0.3) is 0 Å². The summed E-state index contributed by atoms with van der Waals surface area (Å²) in [6.45, 7) is 9.15. The summed E-state index contributed by atoms with van der Waals surface area (Å²) >= 11 is 0. The Balaban J connectivity index is 2.58. The average Bonchev–Trinajstić information content (AvgIpc) is 2.96. The van der Waals surface area contributed by atoms with E-state index in [0.717, 1.165) is 6.42 Å². The third kappa shape index (κ3) is 6.02. The molecule has 0 saturated heterocycles. The molecule has 0 bridgehead atoms. The predicted molar refractivity (Wildman–Crippen MR) is 82.0 cm³/mol. The first-order chi connectivity index (χ1) is 9.93. The van der Waals surface area contributed by atoms with E-state index in [4.69, 9.17) is 4.42 Å². The summed E-state index contributed by atoms with van der Waals surface area (Å²) in [6.07, 6.45) is 4.14. The van der Waals surface area contributed by atoms with Gasteiger partial charge in [0.05, 0.1) is 11.8 Å². The molecular weight excluding hydrogens is 268 g/mol. The van der Waals surface area contributed by atoms with Gasteiger partial charge in [-0.15, -0.1) is 0 Å². The summed E-state index contributed by atoms with van der Waals surface area (Å²) in [4.78, 5) is 25.9. The summed E-state index contributed by atoms with van der Waals surface area (Å²) in [6, 6.07) is 1.81. The third-order valence-electron chi connectivity index (χ3n) is 3.27. The molecule has 1 heterocycles. The lowest BCUT2D eigenvalue weighted by Crippen LogP contribution is -2.39. The van der Waals surface area contributed by atoms with E-state index in [1.54, 1.807) is 11.0 Å². The molecule has 2 amide bonds. The molecule has 0 saturated carbocycles. The van der Waals surface area contributed by atoms with Crippen LogP contribution in [0, 0.1) is 5.92 Å². The van der Waals surface area contributed by atoms with Gasteiger partial charge in [0.25, 0.3) is 5.91 Å². The highest BCUT2D eigenvalue weighted by molar-refractivity contribution is 5.94. The van der Waals surface area contributed by atoms with Gasteiger partial charge in [-0.3, -0.25) is 9.59 Å². The van der Waals surface area contributed by atoms with E-state index < -0.39 is 0 Å². The molecule has 1 unspecified atom stereocenters. The lowest BCUT2D eigenvalue weighted by molar-refractivity contribution is -0.121. The van der Waals surface area contributed by atoms with Crippen LogP contribution in [0.2, 0.25) is 0 Å². The van der Waals surface area contributed by atoms with Crippen molar-refractivity contribution in [3.8, 4) is 0 Å². The number of hydrogen-bond donors (Lipinski definition) is 1. The Morgan fingerprint density at radius 1 is 1.33 bits per heavy atom. The minimum atomic E-state index is -0.0891. The van der Waals surface area contributed by atoms with E-state index in [1.807, 2.05) is 13.8 Å². The Hall–Kier alpha value is -1.78. The van der Waals surface area contributed by atoms with E-state index in [0.29, 0.717) is 31.0 Å². The number of nitrogens with one attached hydrogen (secondary N) is 1. The predicted octanol–water partition coefficient (Wildman–Crippen LogP) is 2.68.